The van der Waals surface area contributed by atoms with Gasteiger partial charge in [0, 0.05) is 12.6 Å². The molecule has 2 saturated heterocycles. The summed E-state index contributed by atoms with van der Waals surface area (Å²) in [5.41, 5.74) is -1.03. The summed E-state index contributed by atoms with van der Waals surface area (Å²) in [5, 5.41) is 2.53. The molecule has 0 aromatic carbocycles. The van der Waals surface area contributed by atoms with Gasteiger partial charge in [-0.3, -0.25) is 14.5 Å². The van der Waals surface area contributed by atoms with Crippen molar-refractivity contribution >= 4 is 27.7 Å². The molecule has 9 heteroatoms. The topological polar surface area (TPSA) is 104 Å². The Hall–Kier alpha value is -1.64. The molecule has 0 unspecified atom stereocenters. The van der Waals surface area contributed by atoms with Crippen molar-refractivity contribution in [1.82, 2.24) is 15.1 Å². The molecule has 0 bridgehead atoms. The zero-order valence-electron chi connectivity index (χ0n) is 14.5. The molecule has 0 spiro atoms. The van der Waals surface area contributed by atoms with Gasteiger partial charge >= 0.3 is 6.03 Å². The lowest BCUT2D eigenvalue weighted by atomic mass is 10.1. The summed E-state index contributed by atoms with van der Waals surface area (Å²) in [5.74, 6) is -0.694. The number of nitrogens with one attached hydrogen (secondary N) is 1. The predicted octanol–water partition coefficient (Wildman–Crippen LogP) is -0.0115. The van der Waals surface area contributed by atoms with Crippen molar-refractivity contribution in [1.29, 1.82) is 0 Å². The Morgan fingerprint density at radius 2 is 2.00 bits per heavy atom. The zero-order valence-corrected chi connectivity index (χ0v) is 15.4. The summed E-state index contributed by atoms with van der Waals surface area (Å²) in [4.78, 5) is 39.3. The van der Waals surface area contributed by atoms with E-state index in [0.29, 0.717) is 13.0 Å². The lowest BCUT2D eigenvalue weighted by Gasteiger charge is -2.31. The summed E-state index contributed by atoms with van der Waals surface area (Å²) in [6.07, 6.45) is 0.395. The SMILES string of the molecule is CC(C)CN(C(=O)CN1C(=O)NC(C)(C)C1=O)[C@@H]1CCS(=O)(=O)C1. The number of carbonyl (C=O) groups is 3. The number of nitrogens with zero attached hydrogens (tertiary/aromatic N) is 2. The lowest BCUT2D eigenvalue weighted by Crippen LogP contribution is -2.49. The number of imide groups is 1. The van der Waals surface area contributed by atoms with Crippen LogP contribution in [0.5, 0.6) is 0 Å². The van der Waals surface area contributed by atoms with Crippen LogP contribution in [-0.4, -0.2) is 72.2 Å². The average molecular weight is 359 g/mol. The number of sulfone groups is 1. The molecule has 0 aromatic heterocycles. The Morgan fingerprint density at radius 1 is 1.38 bits per heavy atom. The second-order valence-corrected chi connectivity index (χ2v) is 9.67. The van der Waals surface area contributed by atoms with Crippen molar-refractivity contribution in [2.24, 2.45) is 5.92 Å². The third-order valence-electron chi connectivity index (χ3n) is 4.27. The molecule has 2 aliphatic heterocycles. The van der Waals surface area contributed by atoms with Gasteiger partial charge in [-0.2, -0.15) is 0 Å². The summed E-state index contributed by atoms with van der Waals surface area (Å²) >= 11 is 0. The number of carbonyl (C=O) groups excluding carboxylic acids is 3. The van der Waals surface area contributed by atoms with Gasteiger partial charge in [0.15, 0.2) is 9.84 Å². The monoisotopic (exact) mass is 359 g/mol. The van der Waals surface area contributed by atoms with Crippen LogP contribution in [0, 0.1) is 5.92 Å². The van der Waals surface area contributed by atoms with Gasteiger partial charge in [0.05, 0.1) is 11.5 Å². The van der Waals surface area contributed by atoms with Crippen molar-refractivity contribution in [3.8, 4) is 0 Å². The summed E-state index contributed by atoms with van der Waals surface area (Å²) in [6.45, 7) is 7.05. The highest BCUT2D eigenvalue weighted by Gasteiger charge is 2.46. The minimum Gasteiger partial charge on any atom is -0.337 e. The number of hydrogen-bond acceptors (Lipinski definition) is 5. The fourth-order valence-corrected chi connectivity index (χ4v) is 4.79. The van der Waals surface area contributed by atoms with E-state index in [1.165, 1.54) is 4.90 Å². The van der Waals surface area contributed by atoms with Crippen molar-refractivity contribution in [3.63, 3.8) is 0 Å². The Morgan fingerprint density at radius 3 is 2.42 bits per heavy atom. The fraction of sp³-hybridized carbons (Fsp3) is 0.800. The fourth-order valence-electron chi connectivity index (χ4n) is 3.06. The number of urea groups is 1. The van der Waals surface area contributed by atoms with E-state index in [-0.39, 0.29) is 24.0 Å². The van der Waals surface area contributed by atoms with Gasteiger partial charge in [0.1, 0.15) is 12.1 Å². The van der Waals surface area contributed by atoms with Gasteiger partial charge in [-0.05, 0) is 26.2 Å². The van der Waals surface area contributed by atoms with Gasteiger partial charge in [0.25, 0.3) is 5.91 Å². The van der Waals surface area contributed by atoms with Gasteiger partial charge in [-0.25, -0.2) is 13.2 Å². The molecule has 2 fully saturated rings. The molecule has 2 heterocycles. The Labute approximate surface area is 142 Å². The van der Waals surface area contributed by atoms with Crippen LogP contribution in [0.4, 0.5) is 4.79 Å². The molecule has 1 atom stereocenters. The van der Waals surface area contributed by atoms with Crippen molar-refractivity contribution in [2.45, 2.75) is 45.7 Å². The van der Waals surface area contributed by atoms with Gasteiger partial charge in [-0.1, -0.05) is 13.8 Å². The third-order valence-corrected chi connectivity index (χ3v) is 6.02. The highest BCUT2D eigenvalue weighted by molar-refractivity contribution is 7.91. The van der Waals surface area contributed by atoms with E-state index in [0.717, 1.165) is 4.90 Å². The van der Waals surface area contributed by atoms with Crippen LogP contribution in [0.3, 0.4) is 0 Å². The largest absolute Gasteiger partial charge is 0.337 e. The molecular formula is C15H25N3O5S. The Bertz CT molecular complexity index is 656. The molecule has 0 aliphatic carbocycles. The summed E-state index contributed by atoms with van der Waals surface area (Å²) in [7, 11) is -3.13. The second kappa shape index (κ2) is 6.34. The molecule has 8 nitrogen and oxygen atoms in total. The van der Waals surface area contributed by atoms with Crippen molar-refractivity contribution in [2.75, 3.05) is 24.6 Å². The van der Waals surface area contributed by atoms with E-state index in [4.69, 9.17) is 0 Å². The minimum atomic E-state index is -3.13. The first-order chi connectivity index (χ1) is 10.9. The molecule has 2 aliphatic rings. The zero-order chi connectivity index (χ0) is 18.3. The molecule has 0 radical (unpaired) electrons. The molecular weight excluding hydrogens is 334 g/mol. The Kier molecular flexibility index (Phi) is 4.94. The van der Waals surface area contributed by atoms with Crippen LogP contribution in [0.2, 0.25) is 0 Å². The molecule has 24 heavy (non-hydrogen) atoms. The predicted molar refractivity (Wildman–Crippen MR) is 87.9 cm³/mol. The summed E-state index contributed by atoms with van der Waals surface area (Å²) < 4.78 is 23.4. The first-order valence-corrected chi connectivity index (χ1v) is 9.89. The molecule has 0 aromatic rings. The highest BCUT2D eigenvalue weighted by Crippen LogP contribution is 2.21. The quantitative estimate of drug-likeness (QED) is 0.695. The van der Waals surface area contributed by atoms with Crippen molar-refractivity contribution in [3.05, 3.63) is 0 Å². The first-order valence-electron chi connectivity index (χ1n) is 8.07. The van der Waals surface area contributed by atoms with Crippen LogP contribution in [0.15, 0.2) is 0 Å². The smallest absolute Gasteiger partial charge is 0.325 e. The first kappa shape index (κ1) is 18.7. The van der Waals surface area contributed by atoms with E-state index < -0.39 is 39.3 Å². The van der Waals surface area contributed by atoms with Crippen LogP contribution >= 0.6 is 0 Å². The van der Waals surface area contributed by atoms with Crippen molar-refractivity contribution < 1.29 is 22.8 Å². The van der Waals surface area contributed by atoms with E-state index >= 15 is 0 Å². The van der Waals surface area contributed by atoms with Gasteiger partial charge in [-0.15, -0.1) is 0 Å². The van der Waals surface area contributed by atoms with E-state index in [2.05, 4.69) is 5.32 Å². The normalized spacial score (nSPS) is 25.2. The van der Waals surface area contributed by atoms with E-state index in [1.54, 1.807) is 13.8 Å². The molecule has 0 saturated carbocycles. The minimum absolute atomic E-state index is 0.0584. The average Bonchev–Trinajstić information content (AvgIpc) is 2.87. The standard InChI is InChI=1S/C15H25N3O5S/c1-10(2)7-17(11-5-6-24(22,23)9-11)12(19)8-18-13(20)15(3,4)16-14(18)21/h10-11H,5-9H2,1-4H3,(H,16,21)/t11-/m1/s1. The molecule has 1 N–H and O–H groups in total. The molecule has 136 valence electrons. The van der Waals surface area contributed by atoms with Gasteiger partial charge < -0.3 is 10.2 Å². The Balaban J connectivity index is 2.14. The van der Waals surface area contributed by atoms with Crippen LogP contribution in [0.1, 0.15) is 34.1 Å². The maximum Gasteiger partial charge on any atom is 0.325 e. The maximum atomic E-state index is 12.7. The number of rotatable bonds is 5. The van der Waals surface area contributed by atoms with Crippen LogP contribution < -0.4 is 5.32 Å². The number of amides is 4. The van der Waals surface area contributed by atoms with E-state index in [1.807, 2.05) is 13.8 Å². The second-order valence-electron chi connectivity index (χ2n) is 7.44. The van der Waals surface area contributed by atoms with Crippen LogP contribution in [-0.2, 0) is 19.4 Å². The number of hydrogen-bond donors (Lipinski definition) is 1. The van der Waals surface area contributed by atoms with Gasteiger partial charge in [0.2, 0.25) is 5.91 Å². The third kappa shape index (κ3) is 3.88. The van der Waals surface area contributed by atoms with E-state index in [9.17, 15) is 22.8 Å². The maximum absolute atomic E-state index is 12.7. The van der Waals surface area contributed by atoms with Crippen LogP contribution in [0.25, 0.3) is 0 Å². The molecule has 4 amide bonds. The lowest BCUT2D eigenvalue weighted by molar-refractivity contribution is -0.140. The highest BCUT2D eigenvalue weighted by atomic mass is 32.2. The summed E-state index contributed by atoms with van der Waals surface area (Å²) in [6, 6.07) is -0.986. The molecule has 2 rings (SSSR count).